The van der Waals surface area contributed by atoms with Gasteiger partial charge in [0.05, 0.1) is 5.69 Å². The number of hydrogen-bond donors (Lipinski definition) is 0. The van der Waals surface area contributed by atoms with Crippen molar-refractivity contribution in [2.75, 3.05) is 13.2 Å². The second-order valence-electron chi connectivity index (χ2n) is 4.10. The Bertz CT molecular complexity index is 626. The first kappa shape index (κ1) is 12.2. The minimum absolute atomic E-state index is 0.183. The summed E-state index contributed by atoms with van der Waals surface area (Å²) >= 11 is 5.73. The summed E-state index contributed by atoms with van der Waals surface area (Å²) in [6.07, 6.45) is 0. The van der Waals surface area contributed by atoms with Gasteiger partial charge in [-0.05, 0) is 25.1 Å². The van der Waals surface area contributed by atoms with Gasteiger partial charge in [0.25, 0.3) is 0 Å². The van der Waals surface area contributed by atoms with E-state index >= 15 is 0 Å². The van der Waals surface area contributed by atoms with E-state index < -0.39 is 5.82 Å². The Morgan fingerprint density at radius 2 is 1.89 bits per heavy atom. The highest BCUT2D eigenvalue weighted by atomic mass is 35.5. The van der Waals surface area contributed by atoms with E-state index in [1.807, 2.05) is 0 Å². The lowest BCUT2D eigenvalue weighted by Gasteiger charge is -2.18. The van der Waals surface area contributed by atoms with Crippen LogP contribution in [-0.4, -0.2) is 23.2 Å². The lowest BCUT2D eigenvalue weighted by Crippen LogP contribution is -2.15. The molecule has 0 unspecified atom stereocenters. The minimum Gasteiger partial charge on any atom is -0.486 e. The summed E-state index contributed by atoms with van der Waals surface area (Å²) < 4.78 is 24.3. The summed E-state index contributed by atoms with van der Waals surface area (Å²) in [4.78, 5) is 8.02. The Hall–Kier alpha value is -1.88. The molecule has 1 aliphatic rings. The maximum atomic E-state index is 13.4. The van der Waals surface area contributed by atoms with Crippen LogP contribution < -0.4 is 9.47 Å². The van der Waals surface area contributed by atoms with Crippen molar-refractivity contribution in [1.29, 1.82) is 0 Å². The zero-order valence-corrected chi connectivity index (χ0v) is 10.9. The molecule has 0 spiro atoms. The first-order valence-electron chi connectivity index (χ1n) is 5.75. The third-order valence-electron chi connectivity index (χ3n) is 2.78. The summed E-state index contributed by atoms with van der Waals surface area (Å²) in [5, 5.41) is -0.183. The van der Waals surface area contributed by atoms with Crippen LogP contribution in [0.2, 0.25) is 5.15 Å². The molecule has 98 valence electrons. The standard InChI is InChI=1S/C13H10ClFN2O2/c1-7-11(15)12(14)17-13(16-7)8-2-3-9-10(6-8)19-5-4-18-9/h2-3,6H,4-5H2,1H3. The number of nitrogens with zero attached hydrogens (tertiary/aromatic N) is 2. The second-order valence-corrected chi connectivity index (χ2v) is 4.45. The Kier molecular flexibility index (Phi) is 2.98. The average molecular weight is 281 g/mol. The van der Waals surface area contributed by atoms with E-state index in [1.54, 1.807) is 25.1 Å². The molecule has 4 nitrogen and oxygen atoms in total. The van der Waals surface area contributed by atoms with Gasteiger partial charge in [-0.15, -0.1) is 0 Å². The Labute approximate surface area is 114 Å². The van der Waals surface area contributed by atoms with Crippen molar-refractivity contribution in [3.63, 3.8) is 0 Å². The first-order valence-corrected chi connectivity index (χ1v) is 6.12. The maximum Gasteiger partial charge on any atom is 0.181 e. The normalized spacial score (nSPS) is 13.4. The minimum atomic E-state index is -0.594. The quantitative estimate of drug-likeness (QED) is 0.753. The number of aryl methyl sites for hydroxylation is 1. The van der Waals surface area contributed by atoms with Gasteiger partial charge in [0.15, 0.2) is 28.3 Å². The van der Waals surface area contributed by atoms with Crippen LogP contribution in [0.1, 0.15) is 5.69 Å². The molecule has 0 atom stereocenters. The van der Waals surface area contributed by atoms with Crippen molar-refractivity contribution in [2.24, 2.45) is 0 Å². The van der Waals surface area contributed by atoms with Crippen molar-refractivity contribution < 1.29 is 13.9 Å². The number of fused-ring (bicyclic) bond motifs is 1. The van der Waals surface area contributed by atoms with Crippen molar-refractivity contribution in [2.45, 2.75) is 6.92 Å². The number of halogens is 2. The van der Waals surface area contributed by atoms with Gasteiger partial charge in [-0.1, -0.05) is 11.6 Å². The molecular weight excluding hydrogens is 271 g/mol. The highest BCUT2D eigenvalue weighted by Gasteiger charge is 2.15. The van der Waals surface area contributed by atoms with E-state index in [4.69, 9.17) is 21.1 Å². The molecule has 2 aromatic rings. The topological polar surface area (TPSA) is 44.2 Å². The highest BCUT2D eigenvalue weighted by Crippen LogP contribution is 2.34. The highest BCUT2D eigenvalue weighted by molar-refractivity contribution is 6.29. The van der Waals surface area contributed by atoms with Gasteiger partial charge >= 0.3 is 0 Å². The smallest absolute Gasteiger partial charge is 0.181 e. The molecule has 0 saturated heterocycles. The second kappa shape index (κ2) is 4.66. The molecule has 0 radical (unpaired) electrons. The third-order valence-corrected chi connectivity index (χ3v) is 3.03. The molecule has 1 aromatic heterocycles. The van der Waals surface area contributed by atoms with Gasteiger partial charge in [-0.3, -0.25) is 0 Å². The van der Waals surface area contributed by atoms with Gasteiger partial charge in [-0.25, -0.2) is 14.4 Å². The molecule has 0 aliphatic carbocycles. The molecular formula is C13H10ClFN2O2. The summed E-state index contributed by atoms with van der Waals surface area (Å²) in [7, 11) is 0. The lowest BCUT2D eigenvalue weighted by atomic mass is 10.1. The van der Waals surface area contributed by atoms with E-state index in [9.17, 15) is 4.39 Å². The molecule has 0 N–H and O–H groups in total. The van der Waals surface area contributed by atoms with E-state index in [0.29, 0.717) is 36.1 Å². The van der Waals surface area contributed by atoms with Crippen LogP contribution >= 0.6 is 11.6 Å². The Morgan fingerprint density at radius 3 is 2.63 bits per heavy atom. The SMILES string of the molecule is Cc1nc(-c2ccc3c(c2)OCCO3)nc(Cl)c1F. The fraction of sp³-hybridized carbons (Fsp3) is 0.231. The molecule has 1 aliphatic heterocycles. The van der Waals surface area contributed by atoms with E-state index in [2.05, 4.69) is 9.97 Å². The van der Waals surface area contributed by atoms with Crippen LogP contribution in [0.5, 0.6) is 11.5 Å². The Balaban J connectivity index is 2.07. The zero-order chi connectivity index (χ0) is 13.4. The maximum absolute atomic E-state index is 13.4. The number of rotatable bonds is 1. The summed E-state index contributed by atoms with van der Waals surface area (Å²) in [6.45, 7) is 2.58. The molecule has 1 aromatic carbocycles. The largest absolute Gasteiger partial charge is 0.486 e. The van der Waals surface area contributed by atoms with Crippen LogP contribution in [-0.2, 0) is 0 Å². The Morgan fingerprint density at radius 1 is 1.16 bits per heavy atom. The number of hydrogen-bond acceptors (Lipinski definition) is 4. The van der Waals surface area contributed by atoms with Crippen LogP contribution in [0.25, 0.3) is 11.4 Å². The molecule has 19 heavy (non-hydrogen) atoms. The summed E-state index contributed by atoms with van der Waals surface area (Å²) in [6, 6.07) is 5.33. The van der Waals surface area contributed by atoms with Crippen LogP contribution in [0.4, 0.5) is 4.39 Å². The molecule has 3 rings (SSSR count). The van der Waals surface area contributed by atoms with Gasteiger partial charge < -0.3 is 9.47 Å². The molecule has 6 heteroatoms. The molecule has 2 heterocycles. The number of benzene rings is 1. The van der Waals surface area contributed by atoms with Crippen molar-refractivity contribution in [3.8, 4) is 22.9 Å². The lowest BCUT2D eigenvalue weighted by molar-refractivity contribution is 0.171. The fourth-order valence-electron chi connectivity index (χ4n) is 1.84. The fourth-order valence-corrected chi connectivity index (χ4v) is 2.05. The van der Waals surface area contributed by atoms with Gasteiger partial charge in [0.1, 0.15) is 13.2 Å². The van der Waals surface area contributed by atoms with Crippen LogP contribution in [0.3, 0.4) is 0 Å². The summed E-state index contributed by atoms with van der Waals surface area (Å²) in [5.41, 5.74) is 0.916. The summed E-state index contributed by atoms with van der Waals surface area (Å²) in [5.74, 6) is 1.08. The third kappa shape index (κ3) is 2.21. The van der Waals surface area contributed by atoms with Crippen molar-refractivity contribution in [1.82, 2.24) is 9.97 Å². The molecule has 0 saturated carbocycles. The zero-order valence-electron chi connectivity index (χ0n) is 10.1. The van der Waals surface area contributed by atoms with Crippen LogP contribution in [0, 0.1) is 12.7 Å². The van der Waals surface area contributed by atoms with Gasteiger partial charge in [0, 0.05) is 5.56 Å². The van der Waals surface area contributed by atoms with Crippen molar-refractivity contribution >= 4 is 11.6 Å². The van der Waals surface area contributed by atoms with Crippen LogP contribution in [0.15, 0.2) is 18.2 Å². The predicted molar refractivity (Wildman–Crippen MR) is 68.2 cm³/mol. The predicted octanol–water partition coefficient (Wildman–Crippen LogP) is 3.02. The first-order chi connectivity index (χ1) is 9.15. The van der Waals surface area contributed by atoms with Crippen molar-refractivity contribution in [3.05, 3.63) is 34.9 Å². The number of ether oxygens (including phenoxy) is 2. The van der Waals surface area contributed by atoms with E-state index in [1.165, 1.54) is 0 Å². The average Bonchev–Trinajstić information content (AvgIpc) is 2.43. The monoisotopic (exact) mass is 280 g/mol. The van der Waals surface area contributed by atoms with E-state index in [-0.39, 0.29) is 10.8 Å². The number of aromatic nitrogens is 2. The van der Waals surface area contributed by atoms with Gasteiger partial charge in [-0.2, -0.15) is 0 Å². The van der Waals surface area contributed by atoms with Gasteiger partial charge in [0.2, 0.25) is 0 Å². The molecule has 0 amide bonds. The molecule has 0 bridgehead atoms. The van der Waals surface area contributed by atoms with E-state index in [0.717, 1.165) is 0 Å². The molecule has 0 fully saturated rings.